The minimum atomic E-state index is 0.591. The molecule has 0 spiro atoms. The van der Waals surface area contributed by atoms with E-state index in [0.29, 0.717) is 18.7 Å². The zero-order chi connectivity index (χ0) is 13.7. The van der Waals surface area contributed by atoms with Gasteiger partial charge < -0.3 is 15.0 Å². The quantitative estimate of drug-likeness (QED) is 0.882. The number of hydrogen-bond donors (Lipinski definition) is 1. The number of likely N-dealkylation sites (tertiary alicyclic amines) is 1. The lowest BCUT2D eigenvalue weighted by Crippen LogP contribution is -2.42. The van der Waals surface area contributed by atoms with Crippen molar-refractivity contribution in [2.45, 2.75) is 45.4 Å². The summed E-state index contributed by atoms with van der Waals surface area (Å²) in [7, 11) is 1.75. The molecule has 19 heavy (non-hydrogen) atoms. The van der Waals surface area contributed by atoms with E-state index in [1.54, 1.807) is 7.11 Å². The van der Waals surface area contributed by atoms with Crippen LogP contribution in [0.3, 0.4) is 0 Å². The maximum absolute atomic E-state index is 5.26. The number of nitrogens with one attached hydrogen (secondary N) is 1. The van der Waals surface area contributed by atoms with E-state index in [0.717, 1.165) is 0 Å². The molecule has 1 saturated heterocycles. The third-order valence-electron chi connectivity index (χ3n) is 3.94. The van der Waals surface area contributed by atoms with Gasteiger partial charge in [0, 0.05) is 43.5 Å². The van der Waals surface area contributed by atoms with Crippen molar-refractivity contribution in [3.8, 4) is 0 Å². The number of para-hydroxylation sites is 1. The Morgan fingerprint density at radius 2 is 1.95 bits per heavy atom. The molecular formula is C16H26N2O. The summed E-state index contributed by atoms with van der Waals surface area (Å²) in [6.07, 6.45) is 2.44. The predicted octanol–water partition coefficient (Wildman–Crippen LogP) is 3.12. The first-order valence-electron chi connectivity index (χ1n) is 7.28. The summed E-state index contributed by atoms with van der Waals surface area (Å²) in [5, 5.41) is 3.69. The Bertz CT molecular complexity index is 384. The normalized spacial score (nSPS) is 17.9. The molecule has 0 amide bonds. The van der Waals surface area contributed by atoms with E-state index < -0.39 is 0 Å². The van der Waals surface area contributed by atoms with Crippen LogP contribution in [0.1, 0.15) is 32.3 Å². The van der Waals surface area contributed by atoms with Crippen molar-refractivity contribution >= 4 is 5.69 Å². The van der Waals surface area contributed by atoms with Crippen LogP contribution in [-0.2, 0) is 11.3 Å². The van der Waals surface area contributed by atoms with Crippen LogP contribution in [0, 0.1) is 0 Å². The SMILES string of the molecule is COCc1ccccc1NC1CCN(C(C)C)CC1. The molecule has 0 aliphatic carbocycles. The topological polar surface area (TPSA) is 24.5 Å². The molecule has 0 radical (unpaired) electrons. The van der Waals surface area contributed by atoms with Gasteiger partial charge in [-0.1, -0.05) is 18.2 Å². The van der Waals surface area contributed by atoms with Gasteiger partial charge in [0.1, 0.15) is 0 Å². The zero-order valence-corrected chi connectivity index (χ0v) is 12.4. The maximum atomic E-state index is 5.26. The van der Waals surface area contributed by atoms with Crippen molar-refractivity contribution in [1.29, 1.82) is 0 Å². The van der Waals surface area contributed by atoms with Gasteiger partial charge >= 0.3 is 0 Å². The highest BCUT2D eigenvalue weighted by Crippen LogP contribution is 2.21. The Kier molecular flexibility index (Phi) is 5.23. The van der Waals surface area contributed by atoms with E-state index in [9.17, 15) is 0 Å². The number of nitrogens with zero attached hydrogens (tertiary/aromatic N) is 1. The van der Waals surface area contributed by atoms with Gasteiger partial charge in [-0.2, -0.15) is 0 Å². The molecule has 1 N–H and O–H groups in total. The average molecular weight is 262 g/mol. The second-order valence-corrected chi connectivity index (χ2v) is 5.64. The van der Waals surface area contributed by atoms with Crippen LogP contribution in [0.15, 0.2) is 24.3 Å². The summed E-state index contributed by atoms with van der Waals surface area (Å²) >= 11 is 0. The largest absolute Gasteiger partial charge is 0.382 e. The highest BCUT2D eigenvalue weighted by atomic mass is 16.5. The third-order valence-corrected chi connectivity index (χ3v) is 3.94. The lowest BCUT2D eigenvalue weighted by Gasteiger charge is -2.35. The molecule has 0 atom stereocenters. The molecule has 2 rings (SSSR count). The van der Waals surface area contributed by atoms with E-state index in [2.05, 4.69) is 48.3 Å². The first kappa shape index (κ1) is 14.4. The molecule has 0 unspecified atom stereocenters. The molecule has 1 aliphatic heterocycles. The van der Waals surface area contributed by atoms with Crippen molar-refractivity contribution in [2.75, 3.05) is 25.5 Å². The van der Waals surface area contributed by atoms with Crippen molar-refractivity contribution in [1.82, 2.24) is 4.90 Å². The summed E-state index contributed by atoms with van der Waals surface area (Å²) in [5.74, 6) is 0. The molecule has 3 heteroatoms. The number of methoxy groups -OCH3 is 1. The molecule has 0 saturated carbocycles. The summed E-state index contributed by atoms with van der Waals surface area (Å²) in [4.78, 5) is 2.55. The van der Waals surface area contributed by atoms with Gasteiger partial charge in [0.25, 0.3) is 0 Å². The molecule has 106 valence electrons. The van der Waals surface area contributed by atoms with Crippen LogP contribution in [0.5, 0.6) is 0 Å². The summed E-state index contributed by atoms with van der Waals surface area (Å²) in [6.45, 7) is 7.63. The van der Waals surface area contributed by atoms with Gasteiger partial charge in [-0.25, -0.2) is 0 Å². The van der Waals surface area contributed by atoms with Crippen LogP contribution < -0.4 is 5.32 Å². The van der Waals surface area contributed by atoms with Crippen molar-refractivity contribution < 1.29 is 4.74 Å². The first-order valence-corrected chi connectivity index (χ1v) is 7.28. The Labute approximate surface area is 116 Å². The Morgan fingerprint density at radius 1 is 1.26 bits per heavy atom. The molecule has 0 aromatic heterocycles. The standard InChI is InChI=1S/C16H26N2O/c1-13(2)18-10-8-15(9-11-18)17-16-7-5-4-6-14(16)12-19-3/h4-7,13,15,17H,8-12H2,1-3H3. The molecule has 1 heterocycles. The van der Waals surface area contributed by atoms with Crippen LogP contribution in [0.4, 0.5) is 5.69 Å². The van der Waals surface area contributed by atoms with Gasteiger partial charge in [-0.15, -0.1) is 0 Å². The second kappa shape index (κ2) is 6.92. The Morgan fingerprint density at radius 3 is 2.58 bits per heavy atom. The summed E-state index contributed by atoms with van der Waals surface area (Å²) in [5.41, 5.74) is 2.48. The Hall–Kier alpha value is -1.06. The highest BCUT2D eigenvalue weighted by molar-refractivity contribution is 5.51. The van der Waals surface area contributed by atoms with Crippen LogP contribution in [-0.4, -0.2) is 37.2 Å². The zero-order valence-electron chi connectivity index (χ0n) is 12.4. The number of benzene rings is 1. The fourth-order valence-electron chi connectivity index (χ4n) is 2.72. The van der Waals surface area contributed by atoms with Gasteiger partial charge in [-0.05, 0) is 32.8 Å². The molecule has 1 fully saturated rings. The number of anilines is 1. The monoisotopic (exact) mass is 262 g/mol. The lowest BCUT2D eigenvalue weighted by atomic mass is 10.0. The van der Waals surface area contributed by atoms with E-state index in [1.165, 1.54) is 37.2 Å². The van der Waals surface area contributed by atoms with Crippen LogP contribution in [0.25, 0.3) is 0 Å². The average Bonchev–Trinajstić information content (AvgIpc) is 2.42. The van der Waals surface area contributed by atoms with E-state index in [1.807, 2.05) is 0 Å². The van der Waals surface area contributed by atoms with Crippen LogP contribution >= 0.6 is 0 Å². The second-order valence-electron chi connectivity index (χ2n) is 5.64. The van der Waals surface area contributed by atoms with E-state index in [4.69, 9.17) is 4.74 Å². The molecule has 1 aliphatic rings. The fourth-order valence-corrected chi connectivity index (χ4v) is 2.72. The summed E-state index contributed by atoms with van der Waals surface area (Å²) < 4.78 is 5.26. The van der Waals surface area contributed by atoms with E-state index in [-0.39, 0.29) is 0 Å². The first-order chi connectivity index (χ1) is 9.20. The van der Waals surface area contributed by atoms with Crippen molar-refractivity contribution in [3.63, 3.8) is 0 Å². The predicted molar refractivity (Wildman–Crippen MR) is 80.5 cm³/mol. The minimum absolute atomic E-state index is 0.591. The van der Waals surface area contributed by atoms with E-state index >= 15 is 0 Å². The number of hydrogen-bond acceptors (Lipinski definition) is 3. The lowest BCUT2D eigenvalue weighted by molar-refractivity contribution is 0.176. The molecular weight excluding hydrogens is 236 g/mol. The number of rotatable bonds is 5. The molecule has 1 aromatic carbocycles. The maximum Gasteiger partial charge on any atom is 0.0733 e. The molecule has 1 aromatic rings. The molecule has 3 nitrogen and oxygen atoms in total. The van der Waals surface area contributed by atoms with Gasteiger partial charge in [0.15, 0.2) is 0 Å². The Balaban J connectivity index is 1.92. The molecule has 0 bridgehead atoms. The smallest absolute Gasteiger partial charge is 0.0733 e. The fraction of sp³-hybridized carbons (Fsp3) is 0.625. The third kappa shape index (κ3) is 3.95. The van der Waals surface area contributed by atoms with Crippen LogP contribution in [0.2, 0.25) is 0 Å². The van der Waals surface area contributed by atoms with Gasteiger partial charge in [-0.3, -0.25) is 0 Å². The van der Waals surface area contributed by atoms with Crippen molar-refractivity contribution in [2.24, 2.45) is 0 Å². The minimum Gasteiger partial charge on any atom is -0.382 e. The summed E-state index contributed by atoms with van der Waals surface area (Å²) in [6, 6.07) is 9.71. The van der Waals surface area contributed by atoms with Gasteiger partial charge in [0.2, 0.25) is 0 Å². The highest BCUT2D eigenvalue weighted by Gasteiger charge is 2.20. The van der Waals surface area contributed by atoms with Gasteiger partial charge in [0.05, 0.1) is 6.61 Å². The van der Waals surface area contributed by atoms with Crippen molar-refractivity contribution in [3.05, 3.63) is 29.8 Å². The number of ether oxygens (including phenoxy) is 1. The number of piperidine rings is 1.